The van der Waals surface area contributed by atoms with Crippen molar-refractivity contribution in [3.8, 4) is 0 Å². The summed E-state index contributed by atoms with van der Waals surface area (Å²) in [6.07, 6.45) is -0.157. The van der Waals surface area contributed by atoms with E-state index in [1.54, 1.807) is 0 Å². The smallest absolute Gasteiger partial charge is 0.163 e. The van der Waals surface area contributed by atoms with Gasteiger partial charge in [0.15, 0.2) is 5.79 Å². The lowest BCUT2D eigenvalue weighted by atomic mass is 10.2. The summed E-state index contributed by atoms with van der Waals surface area (Å²) in [4.78, 5) is 0. The molecule has 0 aliphatic carbocycles. The van der Waals surface area contributed by atoms with Crippen molar-refractivity contribution in [1.82, 2.24) is 0 Å². The van der Waals surface area contributed by atoms with Crippen LogP contribution in [0.15, 0.2) is 0 Å². The summed E-state index contributed by atoms with van der Waals surface area (Å²) < 4.78 is 10.7. The van der Waals surface area contributed by atoms with Crippen molar-refractivity contribution in [3.63, 3.8) is 0 Å². The Morgan fingerprint density at radius 3 is 2.20 bits per heavy atom. The molecule has 1 aliphatic rings. The third-order valence-electron chi connectivity index (χ3n) is 1.61. The Bertz CT molecular complexity index is 122. The predicted molar refractivity (Wildman–Crippen MR) is 36.6 cm³/mol. The van der Waals surface area contributed by atoms with Crippen LogP contribution in [-0.2, 0) is 9.47 Å². The second-order valence-corrected chi connectivity index (χ2v) is 3.06. The fourth-order valence-corrected chi connectivity index (χ4v) is 1.20. The minimum atomic E-state index is -0.521. The van der Waals surface area contributed by atoms with Gasteiger partial charge in [-0.15, -0.1) is 0 Å². The SMILES string of the molecule is C[C@H]1OC(C)(C)O[C@H]1CO. The van der Waals surface area contributed by atoms with Crippen molar-refractivity contribution in [2.45, 2.75) is 38.8 Å². The molecule has 0 radical (unpaired) electrons. The van der Waals surface area contributed by atoms with Crippen molar-refractivity contribution in [2.24, 2.45) is 0 Å². The Morgan fingerprint density at radius 2 is 2.00 bits per heavy atom. The van der Waals surface area contributed by atoms with Crippen molar-refractivity contribution >= 4 is 0 Å². The van der Waals surface area contributed by atoms with Crippen molar-refractivity contribution in [2.75, 3.05) is 6.61 Å². The zero-order chi connectivity index (χ0) is 7.78. The minimum Gasteiger partial charge on any atom is -0.394 e. The van der Waals surface area contributed by atoms with Crippen LogP contribution < -0.4 is 0 Å². The minimum absolute atomic E-state index is 0.000000000000000222. The van der Waals surface area contributed by atoms with E-state index in [0.717, 1.165) is 0 Å². The van der Waals surface area contributed by atoms with Gasteiger partial charge in [-0.25, -0.2) is 0 Å². The standard InChI is InChI=1S/C7H14O3/c1-5-6(4-8)10-7(2,3)9-5/h5-6,8H,4H2,1-3H3/t5-,6+/m1/s1. The molecule has 1 fully saturated rings. The highest BCUT2D eigenvalue weighted by Crippen LogP contribution is 2.27. The van der Waals surface area contributed by atoms with Gasteiger partial charge in [0, 0.05) is 0 Å². The van der Waals surface area contributed by atoms with Crippen LogP contribution in [0.5, 0.6) is 0 Å². The van der Waals surface area contributed by atoms with Crippen LogP contribution in [0.1, 0.15) is 20.8 Å². The highest BCUT2D eigenvalue weighted by Gasteiger charge is 2.37. The van der Waals surface area contributed by atoms with Gasteiger partial charge >= 0.3 is 0 Å². The molecule has 1 N–H and O–H groups in total. The van der Waals surface area contributed by atoms with E-state index in [9.17, 15) is 0 Å². The molecule has 0 aromatic carbocycles. The molecular formula is C7H14O3. The third kappa shape index (κ3) is 1.48. The van der Waals surface area contributed by atoms with Crippen molar-refractivity contribution in [1.29, 1.82) is 0 Å². The average molecular weight is 146 g/mol. The molecule has 3 nitrogen and oxygen atoms in total. The summed E-state index contributed by atoms with van der Waals surface area (Å²) in [5.74, 6) is -0.521. The number of hydrogen-bond acceptors (Lipinski definition) is 3. The molecule has 0 amide bonds. The van der Waals surface area contributed by atoms with Crippen molar-refractivity contribution < 1.29 is 14.6 Å². The summed E-state index contributed by atoms with van der Waals surface area (Å²) >= 11 is 0. The summed E-state index contributed by atoms with van der Waals surface area (Å²) in [6.45, 7) is 5.62. The topological polar surface area (TPSA) is 38.7 Å². The molecule has 0 bridgehead atoms. The van der Waals surface area contributed by atoms with Crippen LogP contribution in [0.25, 0.3) is 0 Å². The molecule has 1 saturated heterocycles. The van der Waals surface area contributed by atoms with Crippen LogP contribution in [-0.4, -0.2) is 29.7 Å². The first-order chi connectivity index (χ1) is 4.55. The maximum atomic E-state index is 8.76. The Labute approximate surface area is 60.9 Å². The summed E-state index contributed by atoms with van der Waals surface area (Å²) in [6, 6.07) is 0. The molecule has 0 spiro atoms. The molecule has 1 rings (SSSR count). The zero-order valence-electron chi connectivity index (χ0n) is 6.63. The second-order valence-electron chi connectivity index (χ2n) is 3.06. The molecule has 0 unspecified atom stereocenters. The first-order valence-electron chi connectivity index (χ1n) is 3.51. The van der Waals surface area contributed by atoms with Gasteiger partial charge < -0.3 is 14.6 Å². The Morgan fingerprint density at radius 1 is 1.40 bits per heavy atom. The number of rotatable bonds is 1. The van der Waals surface area contributed by atoms with Crippen LogP contribution in [0.4, 0.5) is 0 Å². The molecule has 0 aromatic heterocycles. The van der Waals surface area contributed by atoms with Gasteiger partial charge in [0.05, 0.1) is 12.7 Å². The summed E-state index contributed by atoms with van der Waals surface area (Å²) in [7, 11) is 0. The lowest BCUT2D eigenvalue weighted by Crippen LogP contribution is -2.24. The number of aliphatic hydroxyl groups excluding tert-OH is 1. The highest BCUT2D eigenvalue weighted by atomic mass is 16.8. The largest absolute Gasteiger partial charge is 0.394 e. The Hall–Kier alpha value is -0.120. The molecule has 1 heterocycles. The second kappa shape index (κ2) is 2.49. The highest BCUT2D eigenvalue weighted by molar-refractivity contribution is 4.76. The van der Waals surface area contributed by atoms with E-state index in [2.05, 4.69) is 0 Å². The van der Waals surface area contributed by atoms with E-state index in [-0.39, 0.29) is 18.8 Å². The van der Waals surface area contributed by atoms with Gasteiger partial charge in [-0.1, -0.05) is 0 Å². The fourth-order valence-electron chi connectivity index (χ4n) is 1.20. The molecular weight excluding hydrogens is 132 g/mol. The Kier molecular flexibility index (Phi) is 1.99. The van der Waals surface area contributed by atoms with E-state index in [1.165, 1.54) is 0 Å². The van der Waals surface area contributed by atoms with Gasteiger partial charge in [0.25, 0.3) is 0 Å². The molecule has 10 heavy (non-hydrogen) atoms. The van der Waals surface area contributed by atoms with Crippen LogP contribution in [0, 0.1) is 0 Å². The van der Waals surface area contributed by atoms with E-state index >= 15 is 0 Å². The predicted octanol–water partition coefficient (Wildman–Crippen LogP) is 0.519. The monoisotopic (exact) mass is 146 g/mol. The van der Waals surface area contributed by atoms with E-state index in [1.807, 2.05) is 20.8 Å². The van der Waals surface area contributed by atoms with Crippen LogP contribution in [0.3, 0.4) is 0 Å². The van der Waals surface area contributed by atoms with Gasteiger partial charge in [0.2, 0.25) is 0 Å². The quantitative estimate of drug-likeness (QED) is 0.586. The third-order valence-corrected chi connectivity index (χ3v) is 1.61. The molecule has 2 atom stereocenters. The fraction of sp³-hybridized carbons (Fsp3) is 1.00. The lowest BCUT2D eigenvalue weighted by molar-refractivity contribution is -0.147. The van der Waals surface area contributed by atoms with Gasteiger partial charge in [-0.2, -0.15) is 0 Å². The summed E-state index contributed by atoms with van der Waals surface area (Å²) in [5.41, 5.74) is 0. The summed E-state index contributed by atoms with van der Waals surface area (Å²) in [5, 5.41) is 8.76. The van der Waals surface area contributed by atoms with Gasteiger partial charge in [0.1, 0.15) is 6.10 Å². The van der Waals surface area contributed by atoms with Crippen LogP contribution >= 0.6 is 0 Å². The molecule has 0 aromatic rings. The first-order valence-corrected chi connectivity index (χ1v) is 3.51. The molecule has 3 heteroatoms. The Balaban J connectivity index is 2.52. The molecule has 1 aliphatic heterocycles. The zero-order valence-corrected chi connectivity index (χ0v) is 6.63. The van der Waals surface area contributed by atoms with Crippen molar-refractivity contribution in [3.05, 3.63) is 0 Å². The van der Waals surface area contributed by atoms with E-state index in [4.69, 9.17) is 14.6 Å². The number of ether oxygens (including phenoxy) is 2. The average Bonchev–Trinajstić information content (AvgIpc) is 2.05. The first kappa shape index (κ1) is 7.98. The van der Waals surface area contributed by atoms with Gasteiger partial charge in [-0.3, -0.25) is 0 Å². The molecule has 0 saturated carbocycles. The number of hydrogen-bond donors (Lipinski definition) is 1. The number of aliphatic hydroxyl groups is 1. The maximum absolute atomic E-state index is 8.76. The van der Waals surface area contributed by atoms with E-state index in [0.29, 0.717) is 0 Å². The lowest BCUT2D eigenvalue weighted by Gasteiger charge is -2.15. The molecule has 60 valence electrons. The maximum Gasteiger partial charge on any atom is 0.163 e. The van der Waals surface area contributed by atoms with E-state index < -0.39 is 5.79 Å². The normalized spacial score (nSPS) is 38.4. The van der Waals surface area contributed by atoms with Gasteiger partial charge in [-0.05, 0) is 20.8 Å². The van der Waals surface area contributed by atoms with Crippen LogP contribution in [0.2, 0.25) is 0 Å².